The molecule has 2 N–H and O–H groups in total. The molecule has 84 valence electrons. The fourth-order valence-corrected chi connectivity index (χ4v) is 2.03. The molecule has 0 radical (unpaired) electrons. The van der Waals surface area contributed by atoms with Crippen LogP contribution in [-0.4, -0.2) is 24.7 Å². The van der Waals surface area contributed by atoms with Crippen molar-refractivity contribution in [1.29, 1.82) is 0 Å². The van der Waals surface area contributed by atoms with Crippen molar-refractivity contribution >= 4 is 17.3 Å². The largest absolute Gasteiger partial charge is 0.368 e. The second-order valence-corrected chi connectivity index (χ2v) is 4.06. The molecule has 0 bridgehead atoms. The van der Waals surface area contributed by atoms with E-state index < -0.39 is 0 Å². The van der Waals surface area contributed by atoms with E-state index in [1.807, 2.05) is 16.8 Å². The van der Waals surface area contributed by atoms with Crippen molar-refractivity contribution in [3.8, 4) is 17.3 Å². The molecular formula is C10H8N6S. The molecule has 0 amide bonds. The normalized spacial score (nSPS) is 10.6. The summed E-state index contributed by atoms with van der Waals surface area (Å²) < 4.78 is 1.55. The van der Waals surface area contributed by atoms with Crippen LogP contribution in [0.5, 0.6) is 0 Å². The molecular weight excluding hydrogens is 236 g/mol. The van der Waals surface area contributed by atoms with E-state index in [2.05, 4.69) is 20.1 Å². The predicted molar refractivity (Wildman–Crippen MR) is 64.7 cm³/mol. The lowest BCUT2D eigenvalue weighted by atomic mass is 10.3. The molecule has 17 heavy (non-hydrogen) atoms. The third-order valence-electron chi connectivity index (χ3n) is 2.13. The Bertz CT molecular complexity index is 564. The van der Waals surface area contributed by atoms with Crippen LogP contribution < -0.4 is 5.73 Å². The van der Waals surface area contributed by atoms with E-state index in [0.717, 1.165) is 5.56 Å². The first-order valence-corrected chi connectivity index (χ1v) is 5.81. The lowest BCUT2D eigenvalue weighted by Gasteiger charge is -2.02. The van der Waals surface area contributed by atoms with E-state index >= 15 is 0 Å². The molecule has 3 aromatic heterocycles. The summed E-state index contributed by atoms with van der Waals surface area (Å²) in [4.78, 5) is 12.5. The van der Waals surface area contributed by atoms with Crippen molar-refractivity contribution in [3.05, 3.63) is 35.3 Å². The highest BCUT2D eigenvalue weighted by atomic mass is 32.1. The minimum atomic E-state index is 0.187. The van der Waals surface area contributed by atoms with Crippen LogP contribution >= 0.6 is 11.3 Å². The summed E-state index contributed by atoms with van der Waals surface area (Å²) in [6, 6.07) is 3.73. The fraction of sp³-hybridized carbons (Fsp3) is 0. The summed E-state index contributed by atoms with van der Waals surface area (Å²) >= 11 is 1.58. The third-order valence-corrected chi connectivity index (χ3v) is 2.81. The number of hydrogen-bond donors (Lipinski definition) is 1. The van der Waals surface area contributed by atoms with Gasteiger partial charge in [0.05, 0.1) is 0 Å². The van der Waals surface area contributed by atoms with Gasteiger partial charge < -0.3 is 5.73 Å². The van der Waals surface area contributed by atoms with Crippen molar-refractivity contribution in [2.24, 2.45) is 0 Å². The zero-order valence-electron chi connectivity index (χ0n) is 8.69. The second-order valence-electron chi connectivity index (χ2n) is 3.28. The maximum Gasteiger partial charge on any atom is 0.255 e. The molecule has 7 heteroatoms. The smallest absolute Gasteiger partial charge is 0.255 e. The summed E-state index contributed by atoms with van der Waals surface area (Å²) in [6.07, 6.45) is 3.41. The Morgan fingerprint density at radius 1 is 1.24 bits per heavy atom. The predicted octanol–water partition coefficient (Wildman–Crippen LogP) is 1.37. The molecule has 0 aliphatic carbocycles. The van der Waals surface area contributed by atoms with Crippen molar-refractivity contribution in [2.75, 3.05) is 5.73 Å². The quantitative estimate of drug-likeness (QED) is 0.736. The van der Waals surface area contributed by atoms with Gasteiger partial charge in [-0.2, -0.15) is 31.4 Å². The average molecular weight is 244 g/mol. The highest BCUT2D eigenvalue weighted by Crippen LogP contribution is 2.19. The Balaban J connectivity index is 2.13. The summed E-state index contributed by atoms with van der Waals surface area (Å²) in [5.74, 6) is 1.17. The van der Waals surface area contributed by atoms with Gasteiger partial charge in [-0.05, 0) is 17.5 Å². The summed E-state index contributed by atoms with van der Waals surface area (Å²) in [5, 5.41) is 7.98. The monoisotopic (exact) mass is 244 g/mol. The van der Waals surface area contributed by atoms with Gasteiger partial charge in [-0.1, -0.05) is 0 Å². The molecule has 6 nitrogen and oxygen atoms in total. The first-order valence-electron chi connectivity index (χ1n) is 4.87. The topological polar surface area (TPSA) is 82.5 Å². The average Bonchev–Trinajstić information content (AvgIpc) is 3.02. The second kappa shape index (κ2) is 3.95. The number of rotatable bonds is 2. The Kier molecular flexibility index (Phi) is 2.30. The highest BCUT2D eigenvalue weighted by Gasteiger charge is 2.08. The van der Waals surface area contributed by atoms with Crippen LogP contribution in [0.1, 0.15) is 0 Å². The van der Waals surface area contributed by atoms with Crippen molar-refractivity contribution in [2.45, 2.75) is 0 Å². The third kappa shape index (κ3) is 1.87. The maximum absolute atomic E-state index is 5.67. The lowest BCUT2D eigenvalue weighted by Crippen LogP contribution is -2.07. The van der Waals surface area contributed by atoms with E-state index in [4.69, 9.17) is 5.73 Å². The first kappa shape index (κ1) is 9.91. The number of nitrogens with zero attached hydrogens (tertiary/aromatic N) is 5. The van der Waals surface area contributed by atoms with E-state index in [0.29, 0.717) is 11.8 Å². The number of aromatic nitrogens is 5. The van der Waals surface area contributed by atoms with Crippen LogP contribution in [0.4, 0.5) is 5.95 Å². The molecule has 0 saturated heterocycles. The molecule has 0 spiro atoms. The van der Waals surface area contributed by atoms with Gasteiger partial charge in [-0.15, -0.1) is 0 Å². The number of nitrogen functional groups attached to an aromatic ring is 1. The van der Waals surface area contributed by atoms with Gasteiger partial charge in [0.2, 0.25) is 5.95 Å². The molecule has 0 fully saturated rings. The van der Waals surface area contributed by atoms with Gasteiger partial charge in [0.1, 0.15) is 0 Å². The molecule has 3 aromatic rings. The van der Waals surface area contributed by atoms with Crippen molar-refractivity contribution in [1.82, 2.24) is 24.7 Å². The molecule has 3 rings (SSSR count). The summed E-state index contributed by atoms with van der Waals surface area (Å²) in [6.45, 7) is 0. The summed E-state index contributed by atoms with van der Waals surface area (Å²) in [7, 11) is 0. The van der Waals surface area contributed by atoms with Crippen LogP contribution in [0.2, 0.25) is 0 Å². The maximum atomic E-state index is 5.67. The molecule has 3 heterocycles. The minimum Gasteiger partial charge on any atom is -0.368 e. The fourth-order valence-electron chi connectivity index (χ4n) is 1.39. The van der Waals surface area contributed by atoms with Crippen LogP contribution in [-0.2, 0) is 0 Å². The van der Waals surface area contributed by atoms with Crippen LogP contribution in [0.3, 0.4) is 0 Å². The minimum absolute atomic E-state index is 0.187. The van der Waals surface area contributed by atoms with Crippen LogP contribution in [0.15, 0.2) is 35.3 Å². The van der Waals surface area contributed by atoms with Gasteiger partial charge in [-0.3, -0.25) is 0 Å². The van der Waals surface area contributed by atoms with E-state index in [1.165, 1.54) is 0 Å². The van der Waals surface area contributed by atoms with Crippen molar-refractivity contribution < 1.29 is 0 Å². The Morgan fingerprint density at radius 2 is 2.18 bits per heavy atom. The van der Waals surface area contributed by atoms with Gasteiger partial charge in [0.25, 0.3) is 5.95 Å². The highest BCUT2D eigenvalue weighted by molar-refractivity contribution is 7.08. The molecule has 0 aliphatic heterocycles. The Labute approximate surface area is 101 Å². The number of anilines is 1. The van der Waals surface area contributed by atoms with Crippen LogP contribution in [0, 0.1) is 0 Å². The molecule has 0 aromatic carbocycles. The molecule has 0 saturated carbocycles. The standard InChI is InChI=1S/C10H8N6S/c11-9-13-8(7-2-5-17-6-7)14-10(15-9)16-4-1-3-12-16/h1-6H,(H2,11,13,14,15). The molecule has 0 atom stereocenters. The Hall–Kier alpha value is -2.28. The lowest BCUT2D eigenvalue weighted by molar-refractivity contribution is 0.801. The Morgan fingerprint density at radius 3 is 2.88 bits per heavy atom. The number of thiophene rings is 1. The van der Waals surface area contributed by atoms with Crippen molar-refractivity contribution in [3.63, 3.8) is 0 Å². The van der Waals surface area contributed by atoms with Crippen LogP contribution in [0.25, 0.3) is 17.3 Å². The van der Waals surface area contributed by atoms with E-state index in [-0.39, 0.29) is 5.95 Å². The molecule has 0 aliphatic rings. The number of nitrogens with two attached hydrogens (primary N) is 1. The zero-order chi connectivity index (χ0) is 11.7. The van der Waals surface area contributed by atoms with E-state index in [9.17, 15) is 0 Å². The van der Waals surface area contributed by atoms with Gasteiger partial charge in [-0.25, -0.2) is 4.68 Å². The molecule has 0 unspecified atom stereocenters. The van der Waals surface area contributed by atoms with Gasteiger partial charge in [0, 0.05) is 23.3 Å². The van der Waals surface area contributed by atoms with E-state index in [1.54, 1.807) is 34.5 Å². The number of hydrogen-bond acceptors (Lipinski definition) is 6. The summed E-state index contributed by atoms with van der Waals surface area (Å²) in [5.41, 5.74) is 6.60. The zero-order valence-corrected chi connectivity index (χ0v) is 9.50. The van der Waals surface area contributed by atoms with Gasteiger partial charge in [0.15, 0.2) is 5.82 Å². The SMILES string of the molecule is Nc1nc(-c2ccsc2)nc(-n2cccn2)n1. The first-order chi connectivity index (χ1) is 8.33. The van der Waals surface area contributed by atoms with Gasteiger partial charge >= 0.3 is 0 Å².